The number of carbonyl (C=O) groups is 1. The van der Waals surface area contributed by atoms with Crippen molar-refractivity contribution in [1.82, 2.24) is 0 Å². The summed E-state index contributed by atoms with van der Waals surface area (Å²) in [4.78, 5) is 11.9. The summed E-state index contributed by atoms with van der Waals surface area (Å²) in [5, 5.41) is 8.96. The van der Waals surface area contributed by atoms with Crippen molar-refractivity contribution in [2.75, 3.05) is 12.8 Å². The second-order valence-corrected chi connectivity index (χ2v) is 5.46. The number of carboxylic acids is 1. The molecule has 0 spiro atoms. The van der Waals surface area contributed by atoms with Crippen LogP contribution in [-0.4, -0.2) is 18.2 Å². The second kappa shape index (κ2) is 4.99. The number of hydrogen-bond donors (Lipinski definition) is 2. The molecule has 0 unspecified atom stereocenters. The van der Waals surface area contributed by atoms with E-state index in [0.717, 1.165) is 32.0 Å². The van der Waals surface area contributed by atoms with Gasteiger partial charge in [0.15, 0.2) is 0 Å². The predicted octanol–water partition coefficient (Wildman–Crippen LogP) is 3.47. The van der Waals surface area contributed by atoms with Crippen molar-refractivity contribution >= 4 is 38.9 Å². The zero-order valence-electron chi connectivity index (χ0n) is 9.44. The third kappa shape index (κ3) is 2.34. The molecule has 0 saturated heterocycles. The summed E-state index contributed by atoms with van der Waals surface area (Å²) < 4.78 is 5.95. The van der Waals surface area contributed by atoms with Gasteiger partial charge in [-0.1, -0.05) is 0 Å². The van der Waals surface area contributed by atoms with Gasteiger partial charge >= 0.3 is 5.97 Å². The van der Waals surface area contributed by atoms with Crippen LogP contribution in [-0.2, 0) is 0 Å². The second-order valence-electron chi connectivity index (χ2n) is 3.55. The van der Waals surface area contributed by atoms with Gasteiger partial charge in [0, 0.05) is 4.88 Å². The molecule has 6 heteroatoms. The van der Waals surface area contributed by atoms with Crippen LogP contribution in [0.4, 0.5) is 5.69 Å². The lowest BCUT2D eigenvalue weighted by Crippen LogP contribution is -1.96. The Morgan fingerprint density at radius 2 is 2.17 bits per heavy atom. The van der Waals surface area contributed by atoms with E-state index in [2.05, 4.69) is 15.9 Å². The van der Waals surface area contributed by atoms with E-state index in [1.54, 1.807) is 13.2 Å². The fraction of sp³-hybridized carbons (Fsp3) is 0.0833. The molecular weight excluding hydrogens is 318 g/mol. The number of carboxylic acid groups (broad SMARTS) is 1. The van der Waals surface area contributed by atoms with E-state index < -0.39 is 5.97 Å². The van der Waals surface area contributed by atoms with Crippen molar-refractivity contribution in [1.29, 1.82) is 0 Å². The van der Waals surface area contributed by atoms with Crippen LogP contribution in [0.2, 0.25) is 0 Å². The summed E-state index contributed by atoms with van der Waals surface area (Å²) in [7, 11) is 1.59. The summed E-state index contributed by atoms with van der Waals surface area (Å²) in [6.45, 7) is 0. The van der Waals surface area contributed by atoms with Crippen molar-refractivity contribution in [2.45, 2.75) is 0 Å². The van der Waals surface area contributed by atoms with Gasteiger partial charge in [-0.2, -0.15) is 0 Å². The minimum absolute atomic E-state index is 0.164. The predicted molar refractivity (Wildman–Crippen MR) is 75.4 cm³/mol. The Hall–Kier alpha value is -1.53. The van der Waals surface area contributed by atoms with Crippen molar-refractivity contribution in [3.8, 4) is 16.2 Å². The number of rotatable bonds is 3. The van der Waals surface area contributed by atoms with E-state index in [0.29, 0.717) is 0 Å². The molecule has 1 aromatic heterocycles. The van der Waals surface area contributed by atoms with Gasteiger partial charge in [-0.3, -0.25) is 0 Å². The molecule has 94 valence electrons. The zero-order chi connectivity index (χ0) is 13.3. The maximum atomic E-state index is 10.9. The molecule has 0 amide bonds. The highest BCUT2D eigenvalue weighted by Gasteiger charge is 2.14. The molecule has 0 bridgehead atoms. The quantitative estimate of drug-likeness (QED) is 0.905. The fourth-order valence-corrected chi connectivity index (χ4v) is 2.99. The molecule has 0 aliphatic rings. The Kier molecular flexibility index (Phi) is 3.58. The molecule has 0 saturated carbocycles. The average Bonchev–Trinajstić information content (AvgIpc) is 2.71. The first kappa shape index (κ1) is 12.9. The van der Waals surface area contributed by atoms with Crippen LogP contribution in [0.3, 0.4) is 0 Å². The van der Waals surface area contributed by atoms with Crippen molar-refractivity contribution < 1.29 is 14.6 Å². The molecule has 2 aromatic rings. The maximum absolute atomic E-state index is 10.9. The van der Waals surface area contributed by atoms with Crippen molar-refractivity contribution in [3.05, 3.63) is 33.6 Å². The molecule has 0 fully saturated rings. The number of thiophene rings is 1. The highest BCUT2D eigenvalue weighted by atomic mass is 79.9. The number of aromatic carboxylic acids is 1. The SMILES string of the molecule is COc1ccc(-c2cc(N)c(C(=O)O)s2)cc1Br. The van der Waals surface area contributed by atoms with Gasteiger partial charge in [-0.15, -0.1) is 11.3 Å². The van der Waals surface area contributed by atoms with Crippen LogP contribution in [0, 0.1) is 0 Å². The largest absolute Gasteiger partial charge is 0.496 e. The van der Waals surface area contributed by atoms with E-state index in [4.69, 9.17) is 15.6 Å². The molecule has 0 radical (unpaired) electrons. The topological polar surface area (TPSA) is 72.5 Å². The molecule has 2 rings (SSSR count). The Morgan fingerprint density at radius 1 is 1.44 bits per heavy atom. The number of benzene rings is 1. The van der Waals surface area contributed by atoms with Gasteiger partial charge in [0.25, 0.3) is 0 Å². The van der Waals surface area contributed by atoms with Gasteiger partial charge in [0.05, 0.1) is 17.3 Å². The zero-order valence-corrected chi connectivity index (χ0v) is 11.8. The highest BCUT2D eigenvalue weighted by molar-refractivity contribution is 9.10. The van der Waals surface area contributed by atoms with Gasteiger partial charge in [-0.05, 0) is 45.8 Å². The molecule has 18 heavy (non-hydrogen) atoms. The Labute approximate surface area is 116 Å². The number of anilines is 1. The summed E-state index contributed by atoms with van der Waals surface area (Å²) >= 11 is 4.55. The van der Waals surface area contributed by atoms with Crippen LogP contribution in [0.5, 0.6) is 5.75 Å². The first-order chi connectivity index (χ1) is 8.52. The van der Waals surface area contributed by atoms with E-state index in [-0.39, 0.29) is 10.6 Å². The normalized spacial score (nSPS) is 10.3. The standard InChI is InChI=1S/C12H10BrNO3S/c1-17-9-3-2-6(4-7(9)13)10-5-8(14)11(18-10)12(15)16/h2-5H,14H2,1H3,(H,15,16). The number of ether oxygens (including phenoxy) is 1. The first-order valence-corrected chi connectivity index (χ1v) is 6.60. The number of nitrogen functional groups attached to an aromatic ring is 1. The number of hydrogen-bond acceptors (Lipinski definition) is 4. The molecular formula is C12H10BrNO3S. The monoisotopic (exact) mass is 327 g/mol. The van der Waals surface area contributed by atoms with Gasteiger partial charge in [0.1, 0.15) is 10.6 Å². The lowest BCUT2D eigenvalue weighted by molar-refractivity contribution is 0.0703. The summed E-state index contributed by atoms with van der Waals surface area (Å²) in [5.41, 5.74) is 6.85. The van der Waals surface area contributed by atoms with Gasteiger partial charge < -0.3 is 15.6 Å². The number of halogens is 1. The maximum Gasteiger partial charge on any atom is 0.348 e. The van der Waals surface area contributed by atoms with E-state index >= 15 is 0 Å². The van der Waals surface area contributed by atoms with E-state index in [1.807, 2.05) is 18.2 Å². The van der Waals surface area contributed by atoms with Crippen LogP contribution in [0.25, 0.3) is 10.4 Å². The van der Waals surface area contributed by atoms with Crippen LogP contribution >= 0.6 is 27.3 Å². The average molecular weight is 328 g/mol. The lowest BCUT2D eigenvalue weighted by Gasteiger charge is -2.04. The smallest absolute Gasteiger partial charge is 0.348 e. The summed E-state index contributed by atoms with van der Waals surface area (Å²) in [5.74, 6) is -0.280. The third-order valence-electron chi connectivity index (χ3n) is 2.39. The molecule has 0 aliphatic heterocycles. The highest BCUT2D eigenvalue weighted by Crippen LogP contribution is 2.36. The molecule has 0 aliphatic carbocycles. The minimum atomic E-state index is -1.00. The number of methoxy groups -OCH3 is 1. The summed E-state index contributed by atoms with van der Waals surface area (Å²) in [6, 6.07) is 7.22. The number of nitrogens with two attached hydrogens (primary N) is 1. The molecule has 4 nitrogen and oxygen atoms in total. The molecule has 3 N–H and O–H groups in total. The van der Waals surface area contributed by atoms with E-state index in [9.17, 15) is 4.79 Å². The molecule has 1 aromatic carbocycles. The third-order valence-corrected chi connectivity index (χ3v) is 4.20. The fourth-order valence-electron chi connectivity index (χ4n) is 1.53. The van der Waals surface area contributed by atoms with Crippen molar-refractivity contribution in [2.24, 2.45) is 0 Å². The first-order valence-electron chi connectivity index (χ1n) is 4.99. The van der Waals surface area contributed by atoms with Crippen molar-refractivity contribution in [3.63, 3.8) is 0 Å². The lowest BCUT2D eigenvalue weighted by atomic mass is 10.2. The minimum Gasteiger partial charge on any atom is -0.496 e. The summed E-state index contributed by atoms with van der Waals surface area (Å²) in [6.07, 6.45) is 0. The van der Waals surface area contributed by atoms with Crippen LogP contribution < -0.4 is 10.5 Å². The Morgan fingerprint density at radius 3 is 2.67 bits per heavy atom. The Bertz CT molecular complexity index is 609. The van der Waals surface area contributed by atoms with Crippen LogP contribution in [0.15, 0.2) is 28.7 Å². The molecule has 1 heterocycles. The van der Waals surface area contributed by atoms with Gasteiger partial charge in [-0.25, -0.2) is 4.79 Å². The Balaban J connectivity index is 2.46. The van der Waals surface area contributed by atoms with Crippen LogP contribution in [0.1, 0.15) is 9.67 Å². The van der Waals surface area contributed by atoms with Gasteiger partial charge in [0.2, 0.25) is 0 Å². The van der Waals surface area contributed by atoms with E-state index in [1.165, 1.54) is 0 Å². The molecule has 0 atom stereocenters.